The van der Waals surface area contributed by atoms with E-state index in [-0.39, 0.29) is 17.4 Å². The van der Waals surface area contributed by atoms with Gasteiger partial charge in [0.2, 0.25) is 0 Å². The molecule has 4 rings (SSSR count). The molecule has 8 nitrogen and oxygen atoms in total. The second-order valence-electron chi connectivity index (χ2n) is 11.1. The molecule has 2 aliphatic heterocycles. The lowest BCUT2D eigenvalue weighted by atomic mass is 9.94. The summed E-state index contributed by atoms with van der Waals surface area (Å²) in [7, 11) is 1.57. The number of likely N-dealkylation sites (tertiary alicyclic amines) is 1. The van der Waals surface area contributed by atoms with E-state index in [2.05, 4.69) is 27.7 Å². The van der Waals surface area contributed by atoms with Gasteiger partial charge in [-0.2, -0.15) is 0 Å². The number of aliphatic hydroxyl groups excluding tert-OH is 1. The Morgan fingerprint density at radius 3 is 2.55 bits per heavy atom. The van der Waals surface area contributed by atoms with Crippen molar-refractivity contribution in [2.45, 2.75) is 59.6 Å². The molecule has 0 unspecified atom stereocenters. The predicted molar refractivity (Wildman–Crippen MR) is 154 cm³/mol. The number of fused-ring (bicyclic) bond motifs is 1. The summed E-state index contributed by atoms with van der Waals surface area (Å²) in [4.78, 5) is 29.8. The standard InChI is InChI=1S/C32H42N2O6/c1-7-33(8-2)14-15-34-29(22-9-12-26(27(19-22)38-6)39-16-13-20(3)4)28(31(36)32(34)37)30(35)23-10-11-25-24(18-23)17-21(5)40-25/h9-12,18-21,29,35H,7-8,13-17H2,1-6H3/p+1/t21-,29+/m1/s1. The summed E-state index contributed by atoms with van der Waals surface area (Å²) in [5.74, 6) is 0.937. The summed E-state index contributed by atoms with van der Waals surface area (Å²) in [6.45, 7) is 13.9. The van der Waals surface area contributed by atoms with Gasteiger partial charge in [-0.1, -0.05) is 19.9 Å². The first-order valence-electron chi connectivity index (χ1n) is 14.4. The highest BCUT2D eigenvalue weighted by atomic mass is 16.5. The molecule has 2 aromatic rings. The van der Waals surface area contributed by atoms with Crippen molar-refractivity contribution in [3.05, 3.63) is 58.7 Å². The molecule has 216 valence electrons. The zero-order valence-corrected chi connectivity index (χ0v) is 24.6. The van der Waals surface area contributed by atoms with Gasteiger partial charge in [0.15, 0.2) is 11.5 Å². The number of ether oxygens (including phenoxy) is 3. The maximum absolute atomic E-state index is 13.5. The van der Waals surface area contributed by atoms with Crippen molar-refractivity contribution in [1.82, 2.24) is 4.90 Å². The van der Waals surface area contributed by atoms with E-state index in [4.69, 9.17) is 14.2 Å². The second kappa shape index (κ2) is 12.8. The van der Waals surface area contributed by atoms with E-state index in [0.29, 0.717) is 48.2 Å². The molecule has 0 aromatic heterocycles. The van der Waals surface area contributed by atoms with Crippen LogP contribution in [0.3, 0.4) is 0 Å². The van der Waals surface area contributed by atoms with Crippen molar-refractivity contribution < 1.29 is 33.8 Å². The van der Waals surface area contributed by atoms with Gasteiger partial charge in [-0.15, -0.1) is 0 Å². The van der Waals surface area contributed by atoms with Crippen molar-refractivity contribution in [3.63, 3.8) is 0 Å². The minimum Gasteiger partial charge on any atom is -0.507 e. The van der Waals surface area contributed by atoms with Gasteiger partial charge in [0.1, 0.15) is 17.6 Å². The van der Waals surface area contributed by atoms with Crippen LogP contribution in [0.5, 0.6) is 17.2 Å². The summed E-state index contributed by atoms with van der Waals surface area (Å²) in [5.41, 5.74) is 2.23. The Morgan fingerprint density at radius 2 is 1.88 bits per heavy atom. The highest BCUT2D eigenvalue weighted by Gasteiger charge is 2.46. The average Bonchev–Trinajstić information content (AvgIpc) is 3.44. The van der Waals surface area contributed by atoms with Crippen LogP contribution in [0, 0.1) is 5.92 Å². The summed E-state index contributed by atoms with van der Waals surface area (Å²) >= 11 is 0. The van der Waals surface area contributed by atoms with Crippen molar-refractivity contribution >= 4 is 17.4 Å². The molecule has 2 aromatic carbocycles. The monoisotopic (exact) mass is 551 g/mol. The Balaban J connectivity index is 1.77. The van der Waals surface area contributed by atoms with E-state index in [9.17, 15) is 14.7 Å². The maximum Gasteiger partial charge on any atom is 0.295 e. The number of Topliss-reactive ketones (excluding diaryl/α,β-unsaturated/α-hetero) is 1. The molecular weight excluding hydrogens is 508 g/mol. The number of hydrogen-bond acceptors (Lipinski definition) is 6. The van der Waals surface area contributed by atoms with Crippen LogP contribution in [-0.2, 0) is 16.0 Å². The Hall–Kier alpha value is -3.52. The third-order valence-electron chi connectivity index (χ3n) is 7.87. The molecule has 40 heavy (non-hydrogen) atoms. The number of carbonyl (C=O) groups is 2. The van der Waals surface area contributed by atoms with Crippen molar-refractivity contribution in [2.75, 3.05) is 39.9 Å². The van der Waals surface area contributed by atoms with Crippen molar-refractivity contribution in [1.29, 1.82) is 0 Å². The molecule has 0 aliphatic carbocycles. The quantitative estimate of drug-likeness (QED) is 0.237. The van der Waals surface area contributed by atoms with E-state index in [1.807, 2.05) is 37.3 Å². The fourth-order valence-corrected chi connectivity index (χ4v) is 5.44. The maximum atomic E-state index is 13.5. The summed E-state index contributed by atoms with van der Waals surface area (Å²) < 4.78 is 17.4. The Kier molecular flexibility index (Phi) is 9.40. The Morgan fingerprint density at radius 1 is 1.12 bits per heavy atom. The molecule has 0 saturated carbocycles. The van der Waals surface area contributed by atoms with Gasteiger partial charge in [0.05, 0.1) is 51.5 Å². The van der Waals surface area contributed by atoms with Gasteiger partial charge in [0.25, 0.3) is 11.7 Å². The lowest BCUT2D eigenvalue weighted by Crippen LogP contribution is -3.12. The van der Waals surface area contributed by atoms with E-state index in [1.165, 1.54) is 4.90 Å². The van der Waals surface area contributed by atoms with Crippen molar-refractivity contribution in [3.8, 4) is 17.2 Å². The molecule has 1 amide bonds. The largest absolute Gasteiger partial charge is 0.507 e. The molecule has 1 saturated heterocycles. The SMILES string of the molecule is CC[NH+](CC)CCN1C(=O)C(=O)C(=C(O)c2ccc3c(c2)C[C@@H](C)O3)[C@@H]1c1ccc(OCCC(C)C)c(OC)c1. The van der Waals surface area contributed by atoms with Gasteiger partial charge in [-0.05, 0) is 74.6 Å². The molecule has 1 fully saturated rings. The van der Waals surface area contributed by atoms with Crippen LogP contribution in [0.15, 0.2) is 42.0 Å². The number of ketones is 1. The number of rotatable bonds is 12. The number of aliphatic hydroxyl groups is 1. The minimum absolute atomic E-state index is 0.0503. The van der Waals surface area contributed by atoms with Gasteiger partial charge in [-0.25, -0.2) is 0 Å². The number of benzene rings is 2. The highest BCUT2D eigenvalue weighted by Crippen LogP contribution is 2.42. The van der Waals surface area contributed by atoms with Crippen LogP contribution >= 0.6 is 0 Å². The van der Waals surface area contributed by atoms with Crippen LogP contribution in [-0.4, -0.2) is 67.7 Å². The number of likely N-dealkylation sites (N-methyl/N-ethyl adjacent to an activating group) is 1. The van der Waals surface area contributed by atoms with Crippen LogP contribution in [0.4, 0.5) is 0 Å². The molecule has 2 aliphatic rings. The molecule has 2 heterocycles. The molecule has 0 bridgehead atoms. The van der Waals surface area contributed by atoms with Gasteiger partial charge in [-0.3, -0.25) is 9.59 Å². The fraction of sp³-hybridized carbons (Fsp3) is 0.500. The second-order valence-corrected chi connectivity index (χ2v) is 11.1. The fourth-order valence-electron chi connectivity index (χ4n) is 5.44. The first-order valence-corrected chi connectivity index (χ1v) is 14.4. The molecule has 2 atom stereocenters. The van der Waals surface area contributed by atoms with Gasteiger partial charge < -0.3 is 29.1 Å². The van der Waals surface area contributed by atoms with E-state index in [1.54, 1.807) is 18.1 Å². The summed E-state index contributed by atoms with van der Waals surface area (Å²) in [5, 5.41) is 11.6. The third kappa shape index (κ3) is 6.12. The van der Waals surface area contributed by atoms with Crippen LogP contribution in [0.25, 0.3) is 5.76 Å². The number of hydrogen-bond donors (Lipinski definition) is 2. The van der Waals surface area contributed by atoms with E-state index >= 15 is 0 Å². The number of nitrogens with zero attached hydrogens (tertiary/aromatic N) is 1. The first kappa shape index (κ1) is 29.5. The molecule has 0 radical (unpaired) electrons. The topological polar surface area (TPSA) is 89.7 Å². The van der Waals surface area contributed by atoms with Crippen LogP contribution in [0.2, 0.25) is 0 Å². The van der Waals surface area contributed by atoms with Gasteiger partial charge >= 0.3 is 0 Å². The van der Waals surface area contributed by atoms with Crippen LogP contribution < -0.4 is 19.1 Å². The van der Waals surface area contributed by atoms with Crippen molar-refractivity contribution in [2.24, 2.45) is 5.92 Å². The number of quaternary nitrogens is 1. The molecule has 0 spiro atoms. The first-order chi connectivity index (χ1) is 19.2. The zero-order valence-electron chi connectivity index (χ0n) is 24.6. The summed E-state index contributed by atoms with van der Waals surface area (Å²) in [6, 6.07) is 10.1. The molecule has 8 heteroatoms. The number of amides is 1. The lowest BCUT2D eigenvalue weighted by molar-refractivity contribution is -0.895. The average molecular weight is 552 g/mol. The zero-order chi connectivity index (χ0) is 29.0. The predicted octanol–water partition coefficient (Wildman–Crippen LogP) is 3.79. The molecule has 2 N–H and O–H groups in total. The van der Waals surface area contributed by atoms with E-state index in [0.717, 1.165) is 37.2 Å². The highest BCUT2D eigenvalue weighted by molar-refractivity contribution is 6.46. The summed E-state index contributed by atoms with van der Waals surface area (Å²) in [6.07, 6.45) is 1.67. The Labute approximate surface area is 237 Å². The lowest BCUT2D eigenvalue weighted by Gasteiger charge is -2.27. The number of methoxy groups -OCH3 is 1. The van der Waals surface area contributed by atoms with Crippen LogP contribution in [0.1, 0.15) is 63.8 Å². The normalized spacial score (nSPS) is 19.9. The minimum atomic E-state index is -0.753. The smallest absolute Gasteiger partial charge is 0.295 e. The van der Waals surface area contributed by atoms with Gasteiger partial charge in [0, 0.05) is 12.0 Å². The number of nitrogens with one attached hydrogen (secondary N) is 1. The Bertz CT molecular complexity index is 1270. The number of carbonyl (C=O) groups excluding carboxylic acids is 2. The van der Waals surface area contributed by atoms with E-state index < -0.39 is 17.7 Å². The third-order valence-corrected chi connectivity index (χ3v) is 7.87. The molecular formula is C32H43N2O6+.